The van der Waals surface area contributed by atoms with Gasteiger partial charge in [0, 0.05) is 5.56 Å². The Bertz CT molecular complexity index is 1290. The average Bonchev–Trinajstić information content (AvgIpc) is 3.17. The molecule has 4 aromatic rings. The fourth-order valence-electron chi connectivity index (χ4n) is 3.19. The molecule has 0 radical (unpaired) electrons. The first-order valence-corrected chi connectivity index (χ1v) is 8.73. The summed E-state index contributed by atoms with van der Waals surface area (Å²) in [4.78, 5) is 20.2. The molecule has 154 valence electrons. The van der Waals surface area contributed by atoms with Gasteiger partial charge in [0.05, 0.1) is 17.0 Å². The van der Waals surface area contributed by atoms with E-state index in [1.54, 1.807) is 13.8 Å². The molecule has 0 spiro atoms. The van der Waals surface area contributed by atoms with Crippen molar-refractivity contribution in [1.29, 1.82) is 0 Å². The summed E-state index contributed by atoms with van der Waals surface area (Å²) in [5.74, 6) is -1.77. The molecule has 0 aliphatic heterocycles. The monoisotopic (exact) mass is 417 g/mol. The molecule has 0 aliphatic rings. The molecular weight excluding hydrogens is 403 g/mol. The van der Waals surface area contributed by atoms with Crippen LogP contribution >= 0.6 is 0 Å². The smallest absolute Gasteiger partial charge is 0.339 e. The van der Waals surface area contributed by atoms with Crippen molar-refractivity contribution in [2.75, 3.05) is 5.32 Å². The van der Waals surface area contributed by atoms with Crippen molar-refractivity contribution in [3.63, 3.8) is 0 Å². The summed E-state index contributed by atoms with van der Waals surface area (Å²) in [5, 5.41) is 23.7. The van der Waals surface area contributed by atoms with Gasteiger partial charge in [0.15, 0.2) is 11.3 Å². The molecule has 3 heterocycles. The van der Waals surface area contributed by atoms with E-state index in [0.29, 0.717) is 5.82 Å². The molecule has 2 N–H and O–H groups in total. The predicted octanol–water partition coefficient (Wildman–Crippen LogP) is 3.32. The van der Waals surface area contributed by atoms with E-state index in [-0.39, 0.29) is 33.6 Å². The normalized spacial score (nSPS) is 12.6. The number of anilines is 1. The Morgan fingerprint density at radius 3 is 2.63 bits per heavy atom. The number of carboxylic acids is 1. The topological polar surface area (TPSA) is 118 Å². The highest BCUT2D eigenvalue weighted by molar-refractivity contribution is 6.01. The third kappa shape index (κ3) is 3.15. The van der Waals surface area contributed by atoms with Gasteiger partial charge < -0.3 is 10.4 Å². The van der Waals surface area contributed by atoms with Crippen molar-refractivity contribution in [2.24, 2.45) is 0 Å². The van der Waals surface area contributed by atoms with Crippen LogP contribution in [0.2, 0.25) is 0 Å². The molecule has 1 atom stereocenters. The van der Waals surface area contributed by atoms with E-state index in [0.717, 1.165) is 6.07 Å². The number of aromatic carboxylic acids is 1. The Kier molecular flexibility index (Phi) is 4.68. The van der Waals surface area contributed by atoms with Crippen LogP contribution in [-0.4, -0.2) is 41.1 Å². The maximum Gasteiger partial charge on any atom is 0.339 e. The lowest BCUT2D eigenvalue weighted by Crippen LogP contribution is -2.13. The second-order valence-corrected chi connectivity index (χ2v) is 6.55. The van der Waals surface area contributed by atoms with Crippen LogP contribution in [0.3, 0.4) is 0 Å². The maximum absolute atomic E-state index is 14.5. The second-order valence-electron chi connectivity index (χ2n) is 6.55. The van der Waals surface area contributed by atoms with Gasteiger partial charge >= 0.3 is 5.97 Å². The fourth-order valence-corrected chi connectivity index (χ4v) is 3.19. The zero-order chi connectivity index (χ0) is 21.6. The lowest BCUT2D eigenvalue weighted by molar-refractivity contribution is 0.0698. The molecule has 0 unspecified atom stereocenters. The lowest BCUT2D eigenvalue weighted by atomic mass is 10.0. The minimum absolute atomic E-state index is 0.00257. The van der Waals surface area contributed by atoms with Crippen LogP contribution in [0.25, 0.3) is 16.7 Å². The average molecular weight is 417 g/mol. The first-order chi connectivity index (χ1) is 14.3. The number of nitrogens with zero attached hydrogens (tertiary/aromatic N) is 6. The third-order valence-electron chi connectivity index (χ3n) is 4.58. The summed E-state index contributed by atoms with van der Waals surface area (Å²) in [6.07, 6.45) is -2.95. The molecule has 0 bridgehead atoms. The SMILES string of the molecule is Cc1nc(N[C@H](C)c2cccc(C(F)F)c2F)c2cc(C(=O)O)c3nnnn3c2n1. The summed E-state index contributed by atoms with van der Waals surface area (Å²) < 4.78 is 41.8. The number of hydrogen-bond donors (Lipinski definition) is 2. The van der Waals surface area contributed by atoms with Gasteiger partial charge in [-0.25, -0.2) is 27.9 Å². The zero-order valence-electron chi connectivity index (χ0n) is 15.6. The second kappa shape index (κ2) is 7.21. The Balaban J connectivity index is 1.86. The van der Waals surface area contributed by atoms with Crippen molar-refractivity contribution >= 4 is 28.5 Å². The quantitative estimate of drug-likeness (QED) is 0.508. The Morgan fingerprint density at radius 1 is 1.20 bits per heavy atom. The van der Waals surface area contributed by atoms with Crippen LogP contribution in [-0.2, 0) is 0 Å². The number of fused-ring (bicyclic) bond motifs is 3. The molecule has 30 heavy (non-hydrogen) atoms. The largest absolute Gasteiger partial charge is 0.478 e. The molecule has 0 saturated carbocycles. The summed E-state index contributed by atoms with van der Waals surface area (Å²) in [7, 11) is 0. The number of benzene rings is 1. The van der Waals surface area contributed by atoms with E-state index in [4.69, 9.17) is 0 Å². The molecule has 12 heteroatoms. The first kappa shape index (κ1) is 19.5. The fraction of sp³-hybridized carbons (Fsp3) is 0.222. The number of aromatic nitrogens is 6. The Labute approximate surface area is 166 Å². The first-order valence-electron chi connectivity index (χ1n) is 8.73. The molecule has 0 amide bonds. The van der Waals surface area contributed by atoms with E-state index in [2.05, 4.69) is 30.8 Å². The van der Waals surface area contributed by atoms with E-state index in [9.17, 15) is 23.1 Å². The maximum atomic E-state index is 14.5. The summed E-state index contributed by atoms with van der Waals surface area (Å²) in [5.41, 5.74) is -0.624. The summed E-state index contributed by atoms with van der Waals surface area (Å²) >= 11 is 0. The number of halogens is 3. The summed E-state index contributed by atoms with van der Waals surface area (Å²) in [6, 6.07) is 4.29. The van der Waals surface area contributed by atoms with Crippen LogP contribution in [0.15, 0.2) is 24.3 Å². The van der Waals surface area contributed by atoms with Crippen molar-refractivity contribution in [3.8, 4) is 0 Å². The standard InChI is InChI=1S/C18H14F3N7O2/c1-7(9-4-3-5-10(13(9)19)14(20)21)22-15-11-6-12(18(29)30)17-25-26-27-28(17)16(11)24-8(2)23-15/h3-7,14H,1-2H3,(H,29,30)(H,22,23,24)/t7-/m1/s1. The molecule has 0 fully saturated rings. The molecule has 3 aromatic heterocycles. The number of carbonyl (C=O) groups is 1. The van der Waals surface area contributed by atoms with Crippen molar-refractivity contribution in [1.82, 2.24) is 30.0 Å². The van der Waals surface area contributed by atoms with Crippen LogP contribution in [0.1, 0.15) is 46.7 Å². The number of rotatable bonds is 5. The van der Waals surface area contributed by atoms with Crippen molar-refractivity contribution in [2.45, 2.75) is 26.3 Å². The van der Waals surface area contributed by atoms with Crippen molar-refractivity contribution < 1.29 is 23.1 Å². The molecule has 9 nitrogen and oxygen atoms in total. The van der Waals surface area contributed by atoms with Gasteiger partial charge in [-0.05, 0) is 30.3 Å². The highest BCUT2D eigenvalue weighted by Crippen LogP contribution is 2.31. The van der Waals surface area contributed by atoms with Gasteiger partial charge in [0.2, 0.25) is 0 Å². The number of hydrogen-bond acceptors (Lipinski definition) is 7. The van der Waals surface area contributed by atoms with Gasteiger partial charge in [0.1, 0.15) is 23.0 Å². The number of nitrogens with one attached hydrogen (secondary N) is 1. The third-order valence-corrected chi connectivity index (χ3v) is 4.58. The lowest BCUT2D eigenvalue weighted by Gasteiger charge is -2.18. The molecular formula is C18H14F3N7O2. The van der Waals surface area contributed by atoms with Crippen LogP contribution in [0.5, 0.6) is 0 Å². The summed E-state index contributed by atoms with van der Waals surface area (Å²) in [6.45, 7) is 3.18. The van der Waals surface area contributed by atoms with Crippen molar-refractivity contribution in [3.05, 3.63) is 52.6 Å². The van der Waals surface area contributed by atoms with Gasteiger partial charge in [-0.2, -0.15) is 4.52 Å². The number of alkyl halides is 2. The highest BCUT2D eigenvalue weighted by Gasteiger charge is 2.22. The Hall–Kier alpha value is -3.83. The molecule has 0 saturated heterocycles. The van der Waals surface area contributed by atoms with Crippen LogP contribution in [0.4, 0.5) is 19.0 Å². The number of carboxylic acid groups (broad SMARTS) is 1. The van der Waals surface area contributed by atoms with Crippen LogP contribution < -0.4 is 5.32 Å². The molecule has 0 aliphatic carbocycles. The van der Waals surface area contributed by atoms with Gasteiger partial charge in [-0.15, -0.1) is 5.10 Å². The van der Waals surface area contributed by atoms with E-state index < -0.39 is 29.8 Å². The van der Waals surface area contributed by atoms with Crippen LogP contribution in [0, 0.1) is 12.7 Å². The minimum atomic E-state index is -2.95. The highest BCUT2D eigenvalue weighted by atomic mass is 19.3. The molecule has 4 rings (SSSR count). The number of aryl methyl sites for hydroxylation is 1. The van der Waals surface area contributed by atoms with Gasteiger partial charge in [-0.3, -0.25) is 0 Å². The Morgan fingerprint density at radius 2 is 1.93 bits per heavy atom. The molecule has 1 aromatic carbocycles. The van der Waals surface area contributed by atoms with E-state index >= 15 is 0 Å². The predicted molar refractivity (Wildman–Crippen MR) is 99.0 cm³/mol. The van der Waals surface area contributed by atoms with E-state index in [1.165, 1.54) is 22.7 Å². The number of tetrazole rings is 1. The minimum Gasteiger partial charge on any atom is -0.478 e. The van der Waals surface area contributed by atoms with E-state index in [1.807, 2.05) is 0 Å². The number of pyridine rings is 1. The van der Waals surface area contributed by atoms with Gasteiger partial charge in [-0.1, -0.05) is 18.2 Å². The van der Waals surface area contributed by atoms with Gasteiger partial charge in [0.25, 0.3) is 6.43 Å². The zero-order valence-corrected chi connectivity index (χ0v) is 15.6.